The molecule has 8 heteroatoms. The van der Waals surface area contributed by atoms with Crippen LogP contribution in [-0.4, -0.2) is 21.1 Å². The van der Waals surface area contributed by atoms with Gasteiger partial charge in [0.1, 0.15) is 5.01 Å². The van der Waals surface area contributed by atoms with Gasteiger partial charge in [-0.1, -0.05) is 31.3 Å². The second-order valence-electron chi connectivity index (χ2n) is 5.10. The molecule has 0 aliphatic carbocycles. The van der Waals surface area contributed by atoms with Crippen molar-refractivity contribution in [1.29, 1.82) is 0 Å². The monoisotopic (exact) mass is 345 g/mol. The van der Waals surface area contributed by atoms with E-state index in [2.05, 4.69) is 25.8 Å². The predicted molar refractivity (Wildman–Crippen MR) is 93.8 cm³/mol. The summed E-state index contributed by atoms with van der Waals surface area (Å²) < 4.78 is 0. The highest BCUT2D eigenvalue weighted by Crippen LogP contribution is 2.24. The van der Waals surface area contributed by atoms with Crippen molar-refractivity contribution in [1.82, 2.24) is 15.2 Å². The molecule has 118 valence electrons. The Morgan fingerprint density at radius 3 is 2.78 bits per heavy atom. The fourth-order valence-electron chi connectivity index (χ4n) is 1.83. The minimum absolute atomic E-state index is 0.209. The summed E-state index contributed by atoms with van der Waals surface area (Å²) in [6.07, 6.45) is 1.73. The van der Waals surface area contributed by atoms with Crippen molar-refractivity contribution < 1.29 is 4.79 Å². The first-order valence-corrected chi connectivity index (χ1v) is 8.73. The molecule has 6 nitrogen and oxygen atoms in total. The molecule has 0 saturated heterocycles. The lowest BCUT2D eigenvalue weighted by Crippen LogP contribution is -2.11. The Bertz CT molecular complexity index is 798. The highest BCUT2D eigenvalue weighted by Gasteiger charge is 2.12. The lowest BCUT2D eigenvalue weighted by atomic mass is 10.2. The molecule has 0 spiro atoms. The SMILES string of the molecule is CC(C)c1nnc(NC(=O)c2cccc(Nc3nccs3)c2)s1. The van der Waals surface area contributed by atoms with Crippen molar-refractivity contribution >= 4 is 44.5 Å². The molecular formula is C15H15N5OS2. The third-order valence-corrected chi connectivity index (χ3v) is 4.79. The quantitative estimate of drug-likeness (QED) is 0.727. The van der Waals surface area contributed by atoms with E-state index in [4.69, 9.17) is 0 Å². The number of nitrogens with zero attached hydrogens (tertiary/aromatic N) is 3. The Balaban J connectivity index is 1.71. The molecule has 0 aliphatic heterocycles. The van der Waals surface area contributed by atoms with Gasteiger partial charge in [0, 0.05) is 28.7 Å². The molecule has 0 radical (unpaired) electrons. The second kappa shape index (κ2) is 6.84. The zero-order valence-corrected chi connectivity index (χ0v) is 14.2. The third kappa shape index (κ3) is 3.91. The molecule has 2 N–H and O–H groups in total. The van der Waals surface area contributed by atoms with Crippen LogP contribution in [0.3, 0.4) is 0 Å². The van der Waals surface area contributed by atoms with Crippen LogP contribution in [0.2, 0.25) is 0 Å². The molecule has 3 aromatic rings. The van der Waals surface area contributed by atoms with E-state index >= 15 is 0 Å². The van der Waals surface area contributed by atoms with E-state index in [0.717, 1.165) is 15.8 Å². The Morgan fingerprint density at radius 2 is 2.09 bits per heavy atom. The average molecular weight is 345 g/mol. The maximum atomic E-state index is 12.3. The van der Waals surface area contributed by atoms with E-state index in [-0.39, 0.29) is 5.91 Å². The number of thiazole rings is 1. The van der Waals surface area contributed by atoms with Gasteiger partial charge in [-0.25, -0.2) is 4.98 Å². The maximum absolute atomic E-state index is 12.3. The van der Waals surface area contributed by atoms with E-state index < -0.39 is 0 Å². The van der Waals surface area contributed by atoms with Crippen LogP contribution in [0.15, 0.2) is 35.8 Å². The summed E-state index contributed by atoms with van der Waals surface area (Å²) in [5.41, 5.74) is 1.36. The minimum Gasteiger partial charge on any atom is -0.332 e. The first kappa shape index (κ1) is 15.6. The molecule has 0 aliphatic rings. The second-order valence-corrected chi connectivity index (χ2v) is 7.00. The number of anilines is 3. The van der Waals surface area contributed by atoms with Crippen molar-refractivity contribution in [3.63, 3.8) is 0 Å². The Kier molecular flexibility index (Phi) is 4.63. The van der Waals surface area contributed by atoms with Crippen LogP contribution in [0.25, 0.3) is 0 Å². The summed E-state index contributed by atoms with van der Waals surface area (Å²) in [6.45, 7) is 4.08. The standard InChI is InChI=1S/C15H15N5OS2/c1-9(2)13-19-20-15(23-13)18-12(21)10-4-3-5-11(8-10)17-14-16-6-7-22-14/h3-9H,1-2H3,(H,16,17)(H,18,20,21). The van der Waals surface area contributed by atoms with Gasteiger partial charge >= 0.3 is 0 Å². The van der Waals surface area contributed by atoms with E-state index in [1.54, 1.807) is 18.3 Å². The van der Waals surface area contributed by atoms with Crippen LogP contribution in [0, 0.1) is 0 Å². The van der Waals surface area contributed by atoms with Crippen molar-refractivity contribution in [3.8, 4) is 0 Å². The number of rotatable bonds is 5. The van der Waals surface area contributed by atoms with Gasteiger partial charge in [0.2, 0.25) is 5.13 Å². The van der Waals surface area contributed by atoms with E-state index in [9.17, 15) is 4.79 Å². The van der Waals surface area contributed by atoms with E-state index in [1.165, 1.54) is 22.7 Å². The normalized spacial score (nSPS) is 10.7. The number of aromatic nitrogens is 3. The molecule has 2 heterocycles. The molecule has 0 saturated carbocycles. The minimum atomic E-state index is -0.209. The molecule has 0 fully saturated rings. The number of benzene rings is 1. The summed E-state index contributed by atoms with van der Waals surface area (Å²) in [5.74, 6) is 0.0863. The van der Waals surface area contributed by atoms with Crippen LogP contribution in [0.4, 0.5) is 16.0 Å². The predicted octanol–water partition coefficient (Wildman–Crippen LogP) is 4.11. The van der Waals surface area contributed by atoms with Gasteiger partial charge in [-0.2, -0.15) is 0 Å². The van der Waals surface area contributed by atoms with Crippen LogP contribution >= 0.6 is 22.7 Å². The van der Waals surface area contributed by atoms with Gasteiger partial charge in [-0.3, -0.25) is 10.1 Å². The molecule has 2 aromatic heterocycles. The number of amides is 1. The van der Waals surface area contributed by atoms with Gasteiger partial charge in [0.05, 0.1) is 0 Å². The van der Waals surface area contributed by atoms with Gasteiger partial charge in [-0.15, -0.1) is 21.5 Å². The summed E-state index contributed by atoms with van der Waals surface area (Å²) in [7, 11) is 0. The smallest absolute Gasteiger partial charge is 0.257 e. The van der Waals surface area contributed by atoms with Crippen LogP contribution in [-0.2, 0) is 0 Å². The molecule has 0 unspecified atom stereocenters. The maximum Gasteiger partial charge on any atom is 0.257 e. The van der Waals surface area contributed by atoms with Gasteiger partial charge in [0.25, 0.3) is 5.91 Å². The van der Waals surface area contributed by atoms with E-state index in [0.29, 0.717) is 16.6 Å². The van der Waals surface area contributed by atoms with Crippen molar-refractivity contribution in [2.45, 2.75) is 19.8 Å². The molecule has 1 aromatic carbocycles. The van der Waals surface area contributed by atoms with Crippen molar-refractivity contribution in [2.75, 3.05) is 10.6 Å². The number of hydrogen-bond acceptors (Lipinski definition) is 7. The summed E-state index contributed by atoms with van der Waals surface area (Å²) in [5, 5.41) is 18.1. The average Bonchev–Trinajstić information content (AvgIpc) is 3.19. The number of carbonyl (C=O) groups excluding carboxylic acids is 1. The third-order valence-electron chi connectivity index (χ3n) is 2.96. The van der Waals surface area contributed by atoms with Crippen LogP contribution in [0.5, 0.6) is 0 Å². The highest BCUT2D eigenvalue weighted by atomic mass is 32.1. The largest absolute Gasteiger partial charge is 0.332 e. The molecule has 23 heavy (non-hydrogen) atoms. The van der Waals surface area contributed by atoms with Gasteiger partial charge < -0.3 is 5.32 Å². The Labute approximate surface area is 141 Å². The molecule has 3 rings (SSSR count). The molecular weight excluding hydrogens is 330 g/mol. The lowest BCUT2D eigenvalue weighted by molar-refractivity contribution is 0.102. The zero-order valence-electron chi connectivity index (χ0n) is 12.6. The topological polar surface area (TPSA) is 79.8 Å². The summed E-state index contributed by atoms with van der Waals surface area (Å²) >= 11 is 2.89. The number of carbonyl (C=O) groups is 1. The fraction of sp³-hybridized carbons (Fsp3) is 0.200. The molecule has 1 amide bonds. The molecule has 0 atom stereocenters. The van der Waals surface area contributed by atoms with Crippen molar-refractivity contribution in [3.05, 3.63) is 46.4 Å². The van der Waals surface area contributed by atoms with Crippen LogP contribution in [0.1, 0.15) is 35.1 Å². The van der Waals surface area contributed by atoms with Crippen LogP contribution < -0.4 is 10.6 Å². The van der Waals surface area contributed by atoms with Crippen molar-refractivity contribution in [2.24, 2.45) is 0 Å². The first-order valence-electron chi connectivity index (χ1n) is 7.03. The number of nitrogens with one attached hydrogen (secondary N) is 2. The summed E-state index contributed by atoms with van der Waals surface area (Å²) in [4.78, 5) is 16.5. The van der Waals surface area contributed by atoms with E-state index in [1.807, 2.05) is 31.4 Å². The lowest BCUT2D eigenvalue weighted by Gasteiger charge is -2.05. The zero-order chi connectivity index (χ0) is 16.2. The van der Waals surface area contributed by atoms with Gasteiger partial charge in [-0.05, 0) is 18.2 Å². The fourth-order valence-corrected chi connectivity index (χ4v) is 3.12. The molecule has 0 bridgehead atoms. The number of hydrogen-bond donors (Lipinski definition) is 2. The van der Waals surface area contributed by atoms with Gasteiger partial charge in [0.15, 0.2) is 5.13 Å². The first-order chi connectivity index (χ1) is 11.1. The Hall–Kier alpha value is -2.32. The Morgan fingerprint density at radius 1 is 1.22 bits per heavy atom. The summed E-state index contributed by atoms with van der Waals surface area (Å²) in [6, 6.07) is 7.25. The highest BCUT2D eigenvalue weighted by molar-refractivity contribution is 7.15.